The summed E-state index contributed by atoms with van der Waals surface area (Å²) in [6, 6.07) is 16.1. The summed E-state index contributed by atoms with van der Waals surface area (Å²) in [4.78, 5) is 18.2. The molecule has 1 aliphatic rings. The van der Waals surface area contributed by atoms with E-state index in [2.05, 4.69) is 16.4 Å². The average molecular weight is 485 g/mol. The lowest BCUT2D eigenvalue weighted by molar-refractivity contribution is -0.122. The minimum Gasteiger partial charge on any atom is -0.497 e. The Kier molecular flexibility index (Phi) is 7.55. The van der Waals surface area contributed by atoms with Crippen LogP contribution in [0.3, 0.4) is 0 Å². The number of H-pyrrole nitrogens is 1. The Morgan fingerprint density at radius 3 is 2.59 bits per heavy atom. The van der Waals surface area contributed by atoms with Crippen molar-refractivity contribution in [3.05, 3.63) is 65.9 Å². The molecule has 4 rings (SSSR count). The van der Waals surface area contributed by atoms with Crippen molar-refractivity contribution in [3.8, 4) is 5.75 Å². The molecule has 0 unspecified atom stereocenters. The largest absolute Gasteiger partial charge is 0.497 e. The Labute approximate surface area is 200 Å². The Morgan fingerprint density at radius 1 is 1.09 bits per heavy atom. The summed E-state index contributed by atoms with van der Waals surface area (Å²) >= 11 is 0. The van der Waals surface area contributed by atoms with Crippen LogP contribution in [-0.2, 0) is 14.8 Å². The van der Waals surface area contributed by atoms with E-state index in [0.29, 0.717) is 39.1 Å². The maximum absolute atomic E-state index is 12.9. The van der Waals surface area contributed by atoms with E-state index in [1.165, 1.54) is 10.6 Å². The number of aromatic nitrogens is 1. The molecule has 34 heavy (non-hydrogen) atoms. The van der Waals surface area contributed by atoms with Crippen LogP contribution in [-0.4, -0.2) is 81.1 Å². The first-order valence-electron chi connectivity index (χ1n) is 11.5. The number of carbonyl (C=O) groups is 1. The number of sulfonamides is 1. The second-order valence-corrected chi connectivity index (χ2v) is 10.7. The van der Waals surface area contributed by atoms with Crippen LogP contribution in [0.2, 0.25) is 0 Å². The highest BCUT2D eigenvalue weighted by Crippen LogP contribution is 2.31. The van der Waals surface area contributed by atoms with Crippen LogP contribution in [0, 0.1) is 0 Å². The molecule has 2 heterocycles. The summed E-state index contributed by atoms with van der Waals surface area (Å²) in [5, 5.41) is 4.24. The summed E-state index contributed by atoms with van der Waals surface area (Å²) in [6.07, 6.45) is 3.96. The van der Waals surface area contributed by atoms with Crippen molar-refractivity contribution < 1.29 is 17.9 Å². The van der Waals surface area contributed by atoms with E-state index >= 15 is 0 Å². The molecule has 0 bridgehead atoms. The normalized spacial score (nSPS) is 16.8. The maximum atomic E-state index is 12.9. The number of carbonyl (C=O) groups excluding carboxylic acids is 1. The Balaban J connectivity index is 1.46. The van der Waals surface area contributed by atoms with Gasteiger partial charge in [-0.15, -0.1) is 0 Å². The molecule has 1 aliphatic heterocycles. The van der Waals surface area contributed by atoms with Crippen molar-refractivity contribution in [2.45, 2.75) is 12.3 Å². The van der Waals surface area contributed by atoms with Gasteiger partial charge in [-0.05, 0) is 42.3 Å². The predicted octanol–water partition coefficient (Wildman–Crippen LogP) is 2.39. The fourth-order valence-electron chi connectivity index (χ4n) is 4.54. The van der Waals surface area contributed by atoms with Gasteiger partial charge in [0.2, 0.25) is 15.9 Å². The fourth-order valence-corrected chi connectivity index (χ4v) is 5.41. The van der Waals surface area contributed by atoms with Crippen LogP contribution in [0.5, 0.6) is 5.75 Å². The molecular formula is C25H32N4O4S. The molecule has 1 fully saturated rings. The molecule has 0 radical (unpaired) electrons. The summed E-state index contributed by atoms with van der Waals surface area (Å²) in [5.41, 5.74) is 3.27. The van der Waals surface area contributed by atoms with Gasteiger partial charge in [0.25, 0.3) is 0 Å². The summed E-state index contributed by atoms with van der Waals surface area (Å²) < 4.78 is 30.5. The van der Waals surface area contributed by atoms with Crippen molar-refractivity contribution in [1.29, 1.82) is 0 Å². The van der Waals surface area contributed by atoms with Crippen LogP contribution >= 0.6 is 0 Å². The monoisotopic (exact) mass is 484 g/mol. The Morgan fingerprint density at radius 2 is 1.85 bits per heavy atom. The molecule has 0 spiro atoms. The first-order valence-corrected chi connectivity index (χ1v) is 13.3. The molecule has 1 amide bonds. The smallest absolute Gasteiger partial charge is 0.234 e. The molecular weight excluding hydrogens is 452 g/mol. The lowest BCUT2D eigenvalue weighted by atomic mass is 9.90. The molecule has 3 aromatic rings. The molecule has 2 aromatic carbocycles. The average Bonchev–Trinajstić information content (AvgIpc) is 3.09. The van der Waals surface area contributed by atoms with Crippen molar-refractivity contribution in [1.82, 2.24) is 19.5 Å². The molecule has 1 atom stereocenters. The van der Waals surface area contributed by atoms with Crippen molar-refractivity contribution in [2.24, 2.45) is 0 Å². The SMILES string of the molecule is COc1ccc([C@@H](CNC(=O)CN2CCCN(S(C)(=O)=O)CC2)c2c[nH]c3ccccc23)cc1. The molecule has 9 heteroatoms. The highest BCUT2D eigenvalue weighted by atomic mass is 32.2. The molecule has 0 aliphatic carbocycles. The third kappa shape index (κ3) is 5.78. The number of fused-ring (bicyclic) bond motifs is 1. The molecule has 1 saturated heterocycles. The van der Waals surface area contributed by atoms with Gasteiger partial charge in [0, 0.05) is 49.2 Å². The molecule has 1 aromatic heterocycles. The highest BCUT2D eigenvalue weighted by Gasteiger charge is 2.23. The Bertz CT molecular complexity index is 1220. The maximum Gasteiger partial charge on any atom is 0.234 e. The first kappa shape index (κ1) is 24.3. The first-order chi connectivity index (χ1) is 16.3. The van der Waals surface area contributed by atoms with Gasteiger partial charge in [-0.25, -0.2) is 12.7 Å². The van der Waals surface area contributed by atoms with Crippen LogP contribution in [0.1, 0.15) is 23.5 Å². The summed E-state index contributed by atoms with van der Waals surface area (Å²) in [6.45, 7) is 2.86. The van der Waals surface area contributed by atoms with Gasteiger partial charge in [-0.2, -0.15) is 0 Å². The van der Waals surface area contributed by atoms with Gasteiger partial charge in [0.15, 0.2) is 0 Å². The lowest BCUT2D eigenvalue weighted by Crippen LogP contribution is -2.41. The fraction of sp³-hybridized carbons (Fsp3) is 0.400. The van der Waals surface area contributed by atoms with Crippen molar-refractivity contribution in [2.75, 3.05) is 52.6 Å². The van der Waals surface area contributed by atoms with Crippen LogP contribution in [0.4, 0.5) is 0 Å². The van der Waals surface area contributed by atoms with E-state index < -0.39 is 10.0 Å². The minimum atomic E-state index is -3.21. The van der Waals surface area contributed by atoms with Crippen LogP contribution in [0.25, 0.3) is 10.9 Å². The van der Waals surface area contributed by atoms with Gasteiger partial charge in [-0.1, -0.05) is 30.3 Å². The third-order valence-corrected chi connectivity index (χ3v) is 7.71. The zero-order valence-electron chi connectivity index (χ0n) is 19.7. The number of hydrogen-bond donors (Lipinski definition) is 2. The zero-order valence-corrected chi connectivity index (χ0v) is 20.5. The van der Waals surface area contributed by atoms with Crippen LogP contribution in [0.15, 0.2) is 54.7 Å². The lowest BCUT2D eigenvalue weighted by Gasteiger charge is -2.22. The van der Waals surface area contributed by atoms with E-state index in [1.54, 1.807) is 7.11 Å². The van der Waals surface area contributed by atoms with Crippen molar-refractivity contribution >= 4 is 26.8 Å². The van der Waals surface area contributed by atoms with E-state index in [0.717, 1.165) is 27.8 Å². The molecule has 182 valence electrons. The number of amides is 1. The molecule has 0 saturated carbocycles. The number of hydrogen-bond acceptors (Lipinski definition) is 5. The predicted molar refractivity (Wildman–Crippen MR) is 134 cm³/mol. The van der Waals surface area contributed by atoms with Gasteiger partial charge in [-0.3, -0.25) is 9.69 Å². The second-order valence-electron chi connectivity index (χ2n) is 8.71. The van der Waals surface area contributed by atoms with E-state index in [9.17, 15) is 13.2 Å². The van der Waals surface area contributed by atoms with E-state index in [1.807, 2.05) is 53.6 Å². The zero-order chi connectivity index (χ0) is 24.1. The number of nitrogens with one attached hydrogen (secondary N) is 2. The summed E-state index contributed by atoms with van der Waals surface area (Å²) in [5.74, 6) is 0.691. The quantitative estimate of drug-likeness (QED) is 0.512. The van der Waals surface area contributed by atoms with E-state index in [4.69, 9.17) is 4.74 Å². The number of aromatic amines is 1. The topological polar surface area (TPSA) is 94.7 Å². The number of methoxy groups -OCH3 is 1. The van der Waals surface area contributed by atoms with Crippen LogP contribution < -0.4 is 10.1 Å². The number of benzene rings is 2. The van der Waals surface area contributed by atoms with Gasteiger partial charge >= 0.3 is 0 Å². The van der Waals surface area contributed by atoms with Gasteiger partial charge in [0.05, 0.1) is 19.9 Å². The summed E-state index contributed by atoms with van der Waals surface area (Å²) in [7, 11) is -1.56. The van der Waals surface area contributed by atoms with E-state index in [-0.39, 0.29) is 18.4 Å². The second kappa shape index (κ2) is 10.6. The minimum absolute atomic E-state index is 0.0316. The number of nitrogens with zero attached hydrogens (tertiary/aromatic N) is 2. The Hall–Kier alpha value is -2.88. The number of para-hydroxylation sites is 1. The van der Waals surface area contributed by atoms with Gasteiger partial charge < -0.3 is 15.0 Å². The third-order valence-electron chi connectivity index (χ3n) is 6.40. The highest BCUT2D eigenvalue weighted by molar-refractivity contribution is 7.88. The number of rotatable bonds is 8. The van der Waals surface area contributed by atoms with Gasteiger partial charge in [0.1, 0.15) is 5.75 Å². The number of ether oxygens (including phenoxy) is 1. The molecule has 8 nitrogen and oxygen atoms in total. The standard InChI is InChI=1S/C25H32N4O4S/c1-33-20-10-8-19(9-11-20)22(23-17-26-24-7-4-3-6-21(23)24)16-27-25(30)18-28-12-5-13-29(15-14-28)34(2,31)32/h3-4,6-11,17,22,26H,5,12-16,18H2,1-2H3,(H,27,30)/t22-/m1/s1. The molecule has 2 N–H and O–H groups in total. The van der Waals surface area contributed by atoms with Crippen molar-refractivity contribution in [3.63, 3.8) is 0 Å².